The number of carboxylic acids is 1. The van der Waals surface area contributed by atoms with Crippen LogP contribution in [0.25, 0.3) is 0 Å². The molecule has 2 saturated carbocycles. The lowest BCUT2D eigenvalue weighted by atomic mass is 9.98. The van der Waals surface area contributed by atoms with E-state index in [1.54, 1.807) is 0 Å². The molecule has 0 amide bonds. The van der Waals surface area contributed by atoms with Crippen LogP contribution < -0.4 is 0 Å². The highest BCUT2D eigenvalue weighted by Crippen LogP contribution is 2.49. The molecule has 0 aromatic rings. The maximum Gasteiger partial charge on any atom is 0.335 e. The predicted octanol–water partition coefficient (Wildman–Crippen LogP) is -0.526. The molecule has 4 N–H and O–H groups in total. The van der Waals surface area contributed by atoms with Gasteiger partial charge in [-0.3, -0.25) is 0 Å². The summed E-state index contributed by atoms with van der Waals surface area (Å²) in [4.78, 5) is 11.0. The second kappa shape index (κ2) is 5.81. The summed E-state index contributed by atoms with van der Waals surface area (Å²) in [6.45, 7) is 0. The molecular formula is C14H22O7. The van der Waals surface area contributed by atoms with Crippen molar-refractivity contribution >= 4 is 5.97 Å². The van der Waals surface area contributed by atoms with Crippen molar-refractivity contribution < 1.29 is 34.7 Å². The second-order valence-corrected chi connectivity index (χ2v) is 6.35. The van der Waals surface area contributed by atoms with Crippen LogP contribution in [0.2, 0.25) is 0 Å². The number of carboxylic acid groups (broad SMARTS) is 1. The maximum absolute atomic E-state index is 11.0. The Morgan fingerprint density at radius 2 is 1.76 bits per heavy atom. The first-order chi connectivity index (χ1) is 9.99. The number of aliphatic hydroxyl groups excluding tert-OH is 3. The van der Waals surface area contributed by atoms with E-state index in [-0.39, 0.29) is 6.10 Å². The summed E-state index contributed by atoms with van der Waals surface area (Å²) in [5, 5.41) is 38.4. The van der Waals surface area contributed by atoms with Crippen molar-refractivity contribution in [3.05, 3.63) is 0 Å². The van der Waals surface area contributed by atoms with Crippen molar-refractivity contribution in [3.8, 4) is 0 Å². The summed E-state index contributed by atoms with van der Waals surface area (Å²) in [5.41, 5.74) is 0. The van der Waals surface area contributed by atoms with Gasteiger partial charge < -0.3 is 29.9 Å². The minimum absolute atomic E-state index is 0.0750. The molecule has 21 heavy (non-hydrogen) atoms. The first-order valence-corrected chi connectivity index (χ1v) is 7.57. The normalized spacial score (nSPS) is 50.0. The van der Waals surface area contributed by atoms with Crippen LogP contribution >= 0.6 is 0 Å². The van der Waals surface area contributed by atoms with Crippen LogP contribution in [0.4, 0.5) is 0 Å². The van der Waals surface area contributed by atoms with Gasteiger partial charge in [0.25, 0.3) is 0 Å². The average molecular weight is 302 g/mol. The summed E-state index contributed by atoms with van der Waals surface area (Å²) in [7, 11) is 0. The molecule has 1 heterocycles. The Morgan fingerprint density at radius 1 is 1.05 bits per heavy atom. The zero-order valence-electron chi connectivity index (χ0n) is 11.7. The van der Waals surface area contributed by atoms with E-state index in [4.69, 9.17) is 14.6 Å². The fourth-order valence-corrected chi connectivity index (χ4v) is 3.53. The lowest BCUT2D eigenvalue weighted by Gasteiger charge is -2.39. The van der Waals surface area contributed by atoms with E-state index in [0.717, 1.165) is 25.7 Å². The molecule has 3 aliphatic rings. The lowest BCUT2D eigenvalue weighted by molar-refractivity contribution is -0.306. The standard InChI is InChI=1S/C14H22O7/c15-9-10(16)12(13(18)19)21-14(11(9)17)20-8-4-2-1-3-6-5-7(6)8/h6-12,14-17H,1-5H2,(H,18,19)/t6?,7?,8?,9-,10-,11+,12-,14+/m0/s1. The zero-order valence-corrected chi connectivity index (χ0v) is 11.7. The third-order valence-corrected chi connectivity index (χ3v) is 4.89. The van der Waals surface area contributed by atoms with Gasteiger partial charge in [0.2, 0.25) is 0 Å². The first kappa shape index (κ1) is 15.2. The largest absolute Gasteiger partial charge is 0.479 e. The number of carbonyl (C=O) groups is 1. The van der Waals surface area contributed by atoms with E-state index in [9.17, 15) is 20.1 Å². The maximum atomic E-state index is 11.0. The molecule has 3 rings (SSSR count). The van der Waals surface area contributed by atoms with Gasteiger partial charge in [0.1, 0.15) is 18.3 Å². The molecule has 1 aliphatic heterocycles. The quantitative estimate of drug-likeness (QED) is 0.554. The van der Waals surface area contributed by atoms with Crippen LogP contribution in [0, 0.1) is 11.8 Å². The van der Waals surface area contributed by atoms with Gasteiger partial charge in [-0.25, -0.2) is 4.79 Å². The summed E-state index contributed by atoms with van der Waals surface area (Å²) in [6, 6.07) is 0. The smallest absolute Gasteiger partial charge is 0.335 e. The third-order valence-electron chi connectivity index (χ3n) is 4.89. The Morgan fingerprint density at radius 3 is 2.48 bits per heavy atom. The minimum Gasteiger partial charge on any atom is -0.479 e. The van der Waals surface area contributed by atoms with Gasteiger partial charge >= 0.3 is 5.97 Å². The topological polar surface area (TPSA) is 116 Å². The van der Waals surface area contributed by atoms with E-state index < -0.39 is 36.7 Å². The number of aliphatic carboxylic acids is 1. The average Bonchev–Trinajstić information content (AvgIpc) is 3.21. The second-order valence-electron chi connectivity index (χ2n) is 6.35. The highest BCUT2D eigenvalue weighted by Gasteiger charge is 2.51. The van der Waals surface area contributed by atoms with E-state index in [0.29, 0.717) is 11.8 Å². The lowest BCUT2D eigenvalue weighted by Crippen LogP contribution is -2.60. The van der Waals surface area contributed by atoms with Crippen LogP contribution in [0.5, 0.6) is 0 Å². The third kappa shape index (κ3) is 2.93. The summed E-state index contributed by atoms with van der Waals surface area (Å²) in [6.07, 6.45) is -2.25. The summed E-state index contributed by atoms with van der Waals surface area (Å²) >= 11 is 0. The van der Waals surface area contributed by atoms with Gasteiger partial charge in [0.15, 0.2) is 12.4 Å². The Hall–Kier alpha value is -0.730. The van der Waals surface area contributed by atoms with Gasteiger partial charge in [-0.2, -0.15) is 0 Å². The molecule has 7 nitrogen and oxygen atoms in total. The molecule has 120 valence electrons. The molecule has 7 heteroatoms. The van der Waals surface area contributed by atoms with Crippen LogP contribution in [0.1, 0.15) is 32.1 Å². The summed E-state index contributed by atoms with van der Waals surface area (Å²) < 4.78 is 10.9. The monoisotopic (exact) mass is 302 g/mol. The number of hydrogen-bond acceptors (Lipinski definition) is 6. The molecular weight excluding hydrogens is 280 g/mol. The number of aliphatic hydroxyl groups is 3. The van der Waals surface area contributed by atoms with Gasteiger partial charge in [-0.15, -0.1) is 0 Å². The molecule has 3 unspecified atom stereocenters. The fraction of sp³-hybridized carbons (Fsp3) is 0.929. The van der Waals surface area contributed by atoms with Crippen molar-refractivity contribution in [2.24, 2.45) is 11.8 Å². The van der Waals surface area contributed by atoms with Gasteiger partial charge in [-0.05, 0) is 24.7 Å². The Kier molecular flexibility index (Phi) is 4.20. The molecule has 0 aromatic carbocycles. The van der Waals surface area contributed by atoms with E-state index in [2.05, 4.69) is 0 Å². The number of ether oxygens (including phenoxy) is 2. The molecule has 3 fully saturated rings. The number of fused-ring (bicyclic) bond motifs is 1. The van der Waals surface area contributed by atoms with Crippen LogP contribution in [0.15, 0.2) is 0 Å². The van der Waals surface area contributed by atoms with E-state index in [1.807, 2.05) is 0 Å². The fourth-order valence-electron chi connectivity index (χ4n) is 3.53. The van der Waals surface area contributed by atoms with Gasteiger partial charge in [0, 0.05) is 0 Å². The van der Waals surface area contributed by atoms with Crippen molar-refractivity contribution in [2.45, 2.75) is 68.9 Å². The molecule has 2 aliphatic carbocycles. The van der Waals surface area contributed by atoms with Crippen LogP contribution in [-0.2, 0) is 14.3 Å². The Balaban J connectivity index is 1.67. The first-order valence-electron chi connectivity index (χ1n) is 7.57. The highest BCUT2D eigenvalue weighted by atomic mass is 16.7. The van der Waals surface area contributed by atoms with Crippen LogP contribution in [-0.4, -0.2) is 63.2 Å². The SMILES string of the molecule is O=C(O)[C@H]1O[C@@H](OC2CCCCC3CC32)[C@H](O)[C@@H](O)[C@@H]1O. The van der Waals surface area contributed by atoms with Gasteiger partial charge in [0.05, 0.1) is 6.10 Å². The Bertz CT molecular complexity index is 401. The molecule has 1 saturated heterocycles. The zero-order chi connectivity index (χ0) is 15.1. The van der Waals surface area contributed by atoms with E-state index in [1.165, 1.54) is 6.42 Å². The minimum atomic E-state index is -1.67. The van der Waals surface area contributed by atoms with E-state index >= 15 is 0 Å². The molecule has 0 radical (unpaired) electrons. The molecule has 8 atom stereocenters. The van der Waals surface area contributed by atoms with Crippen molar-refractivity contribution in [2.75, 3.05) is 0 Å². The molecule has 0 bridgehead atoms. The molecule has 0 spiro atoms. The molecule has 0 aromatic heterocycles. The van der Waals surface area contributed by atoms with Crippen molar-refractivity contribution in [1.82, 2.24) is 0 Å². The number of rotatable bonds is 3. The predicted molar refractivity (Wildman–Crippen MR) is 69.3 cm³/mol. The van der Waals surface area contributed by atoms with Crippen LogP contribution in [0.3, 0.4) is 0 Å². The van der Waals surface area contributed by atoms with Crippen molar-refractivity contribution in [3.63, 3.8) is 0 Å². The Labute approximate surface area is 122 Å². The van der Waals surface area contributed by atoms with Crippen molar-refractivity contribution in [1.29, 1.82) is 0 Å². The number of hydrogen-bond donors (Lipinski definition) is 4. The van der Waals surface area contributed by atoms with Gasteiger partial charge in [-0.1, -0.05) is 19.3 Å². The summed E-state index contributed by atoms with van der Waals surface area (Å²) in [5.74, 6) is -0.285. The highest BCUT2D eigenvalue weighted by molar-refractivity contribution is 5.73.